The van der Waals surface area contributed by atoms with E-state index in [4.69, 9.17) is 9.47 Å². The number of rotatable bonds is 2. The molecule has 0 aromatic rings. The molecule has 0 spiro atoms. The molecule has 0 radical (unpaired) electrons. The van der Waals surface area contributed by atoms with Crippen molar-refractivity contribution in [1.29, 1.82) is 0 Å². The van der Waals surface area contributed by atoms with Crippen molar-refractivity contribution in [2.75, 3.05) is 20.3 Å². The van der Waals surface area contributed by atoms with Gasteiger partial charge in [-0.3, -0.25) is 4.79 Å². The van der Waals surface area contributed by atoms with Gasteiger partial charge in [0.05, 0.1) is 13.0 Å². The Balaban J connectivity index is 1.78. The molecule has 2 fully saturated rings. The Morgan fingerprint density at radius 1 is 1.00 bits per heavy atom. The molecule has 1 heterocycles. The zero-order valence-electron chi connectivity index (χ0n) is 10.1. The van der Waals surface area contributed by atoms with E-state index in [2.05, 4.69) is 0 Å². The third-order valence-corrected chi connectivity index (χ3v) is 4.24. The highest BCUT2D eigenvalue weighted by molar-refractivity contribution is 5.72. The van der Waals surface area contributed by atoms with Crippen LogP contribution in [0.2, 0.25) is 0 Å². The second-order valence-electron chi connectivity index (χ2n) is 5.08. The van der Waals surface area contributed by atoms with E-state index in [9.17, 15) is 4.79 Å². The van der Waals surface area contributed by atoms with Gasteiger partial charge in [0.1, 0.15) is 0 Å². The molecule has 0 N–H and O–H groups in total. The van der Waals surface area contributed by atoms with Crippen LogP contribution in [0.4, 0.5) is 0 Å². The minimum absolute atomic E-state index is 0.00886. The van der Waals surface area contributed by atoms with Crippen molar-refractivity contribution in [1.82, 2.24) is 0 Å². The molecule has 3 heteroatoms. The number of carbonyl (C=O) groups is 1. The Kier molecular flexibility index (Phi) is 4.22. The molecular weight excluding hydrogens is 204 g/mol. The second kappa shape index (κ2) is 5.67. The molecule has 2 aliphatic rings. The first-order valence-corrected chi connectivity index (χ1v) is 6.47. The number of carbonyl (C=O) groups excluding carboxylic acids is 1. The lowest BCUT2D eigenvalue weighted by molar-refractivity contribution is -0.147. The highest BCUT2D eigenvalue weighted by Crippen LogP contribution is 2.37. The predicted octanol–water partition coefficient (Wildman–Crippen LogP) is 2.39. The van der Waals surface area contributed by atoms with Gasteiger partial charge in [0.25, 0.3) is 0 Å². The Hall–Kier alpha value is -0.570. The van der Waals surface area contributed by atoms with Crippen LogP contribution >= 0.6 is 0 Å². The third kappa shape index (κ3) is 2.76. The Morgan fingerprint density at radius 3 is 2.12 bits per heavy atom. The van der Waals surface area contributed by atoms with Crippen molar-refractivity contribution in [2.24, 2.45) is 17.8 Å². The third-order valence-electron chi connectivity index (χ3n) is 4.24. The fourth-order valence-electron chi connectivity index (χ4n) is 3.18. The van der Waals surface area contributed by atoms with Gasteiger partial charge in [-0.2, -0.15) is 0 Å². The van der Waals surface area contributed by atoms with Crippen LogP contribution in [0.15, 0.2) is 0 Å². The molecule has 0 unspecified atom stereocenters. The minimum Gasteiger partial charge on any atom is -0.469 e. The molecule has 1 saturated carbocycles. The number of methoxy groups -OCH3 is 1. The monoisotopic (exact) mass is 226 g/mol. The maximum atomic E-state index is 11.4. The first-order chi connectivity index (χ1) is 7.81. The van der Waals surface area contributed by atoms with Crippen molar-refractivity contribution in [3.63, 3.8) is 0 Å². The van der Waals surface area contributed by atoms with E-state index >= 15 is 0 Å². The number of ether oxygens (including phenoxy) is 2. The molecule has 0 aromatic carbocycles. The summed E-state index contributed by atoms with van der Waals surface area (Å²) in [5.41, 5.74) is 0. The zero-order valence-corrected chi connectivity index (χ0v) is 10.1. The van der Waals surface area contributed by atoms with Gasteiger partial charge in [-0.05, 0) is 50.4 Å². The summed E-state index contributed by atoms with van der Waals surface area (Å²) >= 11 is 0. The molecule has 2 rings (SSSR count). The molecule has 1 aliphatic carbocycles. The van der Waals surface area contributed by atoms with Crippen LogP contribution < -0.4 is 0 Å². The molecule has 0 bridgehead atoms. The van der Waals surface area contributed by atoms with Crippen LogP contribution in [-0.4, -0.2) is 26.3 Å². The average molecular weight is 226 g/mol. The van der Waals surface area contributed by atoms with Crippen LogP contribution in [0.1, 0.15) is 38.5 Å². The second-order valence-corrected chi connectivity index (χ2v) is 5.08. The molecule has 3 nitrogen and oxygen atoms in total. The van der Waals surface area contributed by atoms with E-state index in [-0.39, 0.29) is 11.9 Å². The van der Waals surface area contributed by atoms with Crippen molar-refractivity contribution >= 4 is 5.97 Å². The highest BCUT2D eigenvalue weighted by atomic mass is 16.5. The van der Waals surface area contributed by atoms with Crippen LogP contribution in [0.5, 0.6) is 0 Å². The summed E-state index contributed by atoms with van der Waals surface area (Å²) < 4.78 is 10.2. The normalized spacial score (nSPS) is 32.3. The average Bonchev–Trinajstić information content (AvgIpc) is 2.39. The molecule has 0 amide bonds. The van der Waals surface area contributed by atoms with E-state index in [1.807, 2.05) is 0 Å². The molecule has 92 valence electrons. The van der Waals surface area contributed by atoms with Gasteiger partial charge in [0, 0.05) is 13.2 Å². The van der Waals surface area contributed by atoms with Gasteiger partial charge in [0.2, 0.25) is 0 Å². The molecular formula is C13H22O3. The summed E-state index contributed by atoms with van der Waals surface area (Å²) in [6.07, 6.45) is 6.87. The lowest BCUT2D eigenvalue weighted by Crippen LogP contribution is -2.29. The Bertz CT molecular complexity index is 225. The van der Waals surface area contributed by atoms with Crippen LogP contribution in [0.25, 0.3) is 0 Å². The summed E-state index contributed by atoms with van der Waals surface area (Å²) in [5.74, 6) is 1.82. The Morgan fingerprint density at radius 2 is 1.56 bits per heavy atom. The molecule has 1 aliphatic heterocycles. The maximum absolute atomic E-state index is 11.4. The topological polar surface area (TPSA) is 35.5 Å². The number of esters is 1. The fourth-order valence-corrected chi connectivity index (χ4v) is 3.18. The van der Waals surface area contributed by atoms with Crippen LogP contribution in [0.3, 0.4) is 0 Å². The zero-order chi connectivity index (χ0) is 11.4. The van der Waals surface area contributed by atoms with Crippen LogP contribution in [0, 0.1) is 17.8 Å². The quantitative estimate of drug-likeness (QED) is 0.678. The SMILES string of the molecule is COC(=O)C1CCC(C2CCOCC2)CC1. The first-order valence-electron chi connectivity index (χ1n) is 6.47. The summed E-state index contributed by atoms with van der Waals surface area (Å²) in [6.45, 7) is 1.86. The van der Waals surface area contributed by atoms with Crippen LogP contribution in [-0.2, 0) is 14.3 Å². The summed E-state index contributed by atoms with van der Waals surface area (Å²) in [6, 6.07) is 0. The largest absolute Gasteiger partial charge is 0.469 e. The van der Waals surface area contributed by atoms with Crippen molar-refractivity contribution in [3.8, 4) is 0 Å². The molecule has 1 saturated heterocycles. The van der Waals surface area contributed by atoms with Crippen molar-refractivity contribution < 1.29 is 14.3 Å². The van der Waals surface area contributed by atoms with Crippen molar-refractivity contribution in [3.05, 3.63) is 0 Å². The van der Waals surface area contributed by atoms with E-state index in [1.165, 1.54) is 32.8 Å². The first kappa shape index (κ1) is 11.9. The van der Waals surface area contributed by atoms with Gasteiger partial charge >= 0.3 is 5.97 Å². The minimum atomic E-state index is -0.00886. The summed E-state index contributed by atoms with van der Waals surface area (Å²) in [7, 11) is 1.49. The molecule has 0 atom stereocenters. The van der Waals surface area contributed by atoms with Gasteiger partial charge in [-0.15, -0.1) is 0 Å². The Labute approximate surface area is 97.5 Å². The highest BCUT2D eigenvalue weighted by Gasteiger charge is 2.31. The van der Waals surface area contributed by atoms with E-state index in [0.29, 0.717) is 0 Å². The number of hydrogen-bond acceptors (Lipinski definition) is 3. The standard InChI is InChI=1S/C13H22O3/c1-15-13(14)12-4-2-10(3-5-12)11-6-8-16-9-7-11/h10-12H,2-9H2,1H3. The van der Waals surface area contributed by atoms with E-state index in [1.54, 1.807) is 0 Å². The fraction of sp³-hybridized carbons (Fsp3) is 0.923. The van der Waals surface area contributed by atoms with Gasteiger partial charge in [-0.1, -0.05) is 0 Å². The summed E-state index contributed by atoms with van der Waals surface area (Å²) in [4.78, 5) is 11.4. The van der Waals surface area contributed by atoms with Gasteiger partial charge < -0.3 is 9.47 Å². The smallest absolute Gasteiger partial charge is 0.308 e. The van der Waals surface area contributed by atoms with E-state index < -0.39 is 0 Å². The number of hydrogen-bond donors (Lipinski definition) is 0. The summed E-state index contributed by atoms with van der Waals surface area (Å²) in [5, 5.41) is 0. The lowest BCUT2D eigenvalue weighted by Gasteiger charge is -2.34. The van der Waals surface area contributed by atoms with Gasteiger partial charge in [0.15, 0.2) is 0 Å². The molecule has 16 heavy (non-hydrogen) atoms. The predicted molar refractivity (Wildman–Crippen MR) is 61.0 cm³/mol. The maximum Gasteiger partial charge on any atom is 0.308 e. The lowest BCUT2D eigenvalue weighted by atomic mass is 9.73. The van der Waals surface area contributed by atoms with E-state index in [0.717, 1.165) is 37.9 Å². The van der Waals surface area contributed by atoms with Crippen molar-refractivity contribution in [2.45, 2.75) is 38.5 Å². The molecule has 0 aromatic heterocycles. The van der Waals surface area contributed by atoms with Gasteiger partial charge in [-0.25, -0.2) is 0 Å².